The number of carbonyl (C=O) groups excluding carboxylic acids is 3. The Kier molecular flexibility index (Phi) is 4.98. The Morgan fingerprint density at radius 2 is 1.81 bits per heavy atom. The van der Waals surface area contributed by atoms with Crippen LogP contribution in [-0.4, -0.2) is 31.6 Å². The van der Waals surface area contributed by atoms with Gasteiger partial charge in [-0.05, 0) is 30.3 Å². The number of anilines is 1. The molecule has 1 amide bonds. The summed E-state index contributed by atoms with van der Waals surface area (Å²) in [6.07, 6.45) is 0. The average molecular weight is 353 g/mol. The van der Waals surface area contributed by atoms with Gasteiger partial charge in [-0.25, -0.2) is 9.59 Å². The number of hydrogen-bond donors (Lipinski definition) is 1. The minimum absolute atomic E-state index is 0.0201. The lowest BCUT2D eigenvalue weighted by Gasteiger charge is -2.07. The molecule has 26 heavy (non-hydrogen) atoms. The second kappa shape index (κ2) is 7.52. The molecule has 7 heteroatoms. The molecule has 0 fully saturated rings. The van der Waals surface area contributed by atoms with Gasteiger partial charge in [-0.3, -0.25) is 4.79 Å². The summed E-state index contributed by atoms with van der Waals surface area (Å²) < 4.78 is 14.9. The molecule has 0 aliphatic carbocycles. The third-order valence-corrected chi connectivity index (χ3v) is 3.53. The van der Waals surface area contributed by atoms with Gasteiger partial charge < -0.3 is 19.2 Å². The summed E-state index contributed by atoms with van der Waals surface area (Å²) in [4.78, 5) is 35.4. The molecule has 0 aliphatic rings. The van der Waals surface area contributed by atoms with E-state index in [1.807, 2.05) is 6.07 Å². The molecule has 1 N–H and O–H groups in total. The van der Waals surface area contributed by atoms with E-state index in [0.717, 1.165) is 5.39 Å². The van der Waals surface area contributed by atoms with E-state index in [1.54, 1.807) is 42.5 Å². The maximum atomic E-state index is 12.0. The van der Waals surface area contributed by atoms with Crippen molar-refractivity contribution >= 4 is 34.5 Å². The number of furan rings is 1. The topological polar surface area (TPSA) is 94.8 Å². The zero-order valence-electron chi connectivity index (χ0n) is 13.9. The first-order valence-electron chi connectivity index (χ1n) is 7.71. The van der Waals surface area contributed by atoms with Crippen molar-refractivity contribution in [1.29, 1.82) is 0 Å². The van der Waals surface area contributed by atoms with Crippen molar-refractivity contribution in [3.05, 3.63) is 65.9 Å². The van der Waals surface area contributed by atoms with Gasteiger partial charge in [-0.2, -0.15) is 0 Å². The Bertz CT molecular complexity index is 942. The Balaban J connectivity index is 1.58. The SMILES string of the molecule is COC(=O)c1cccc(NC(=O)COC(=O)c2cc3ccccc3o2)c1. The van der Waals surface area contributed by atoms with E-state index in [9.17, 15) is 14.4 Å². The van der Waals surface area contributed by atoms with Crippen LogP contribution in [0.4, 0.5) is 5.69 Å². The van der Waals surface area contributed by atoms with Crippen molar-refractivity contribution in [3.63, 3.8) is 0 Å². The maximum absolute atomic E-state index is 12.0. The van der Waals surface area contributed by atoms with E-state index < -0.39 is 24.5 Å². The predicted molar refractivity (Wildman–Crippen MR) is 92.9 cm³/mol. The smallest absolute Gasteiger partial charge is 0.374 e. The molecular formula is C19H15NO6. The van der Waals surface area contributed by atoms with Gasteiger partial charge in [0.2, 0.25) is 5.76 Å². The molecule has 1 heterocycles. The van der Waals surface area contributed by atoms with E-state index in [4.69, 9.17) is 9.15 Å². The molecule has 0 bridgehead atoms. The number of amides is 1. The summed E-state index contributed by atoms with van der Waals surface area (Å²) in [6, 6.07) is 14.9. The standard InChI is InChI=1S/C19H15NO6/c1-24-18(22)13-6-4-7-14(9-13)20-17(21)11-25-19(23)16-10-12-5-2-3-8-15(12)26-16/h2-10H,11H2,1H3,(H,20,21). The van der Waals surface area contributed by atoms with Crippen molar-refractivity contribution < 1.29 is 28.3 Å². The molecule has 2 aromatic carbocycles. The van der Waals surface area contributed by atoms with Crippen molar-refractivity contribution in [2.24, 2.45) is 0 Å². The first kappa shape index (κ1) is 17.2. The zero-order chi connectivity index (χ0) is 18.5. The fraction of sp³-hybridized carbons (Fsp3) is 0.105. The molecule has 1 aromatic heterocycles. The minimum atomic E-state index is -0.736. The second-order valence-corrected chi connectivity index (χ2v) is 5.35. The van der Waals surface area contributed by atoms with E-state index in [2.05, 4.69) is 10.1 Å². The summed E-state index contributed by atoms with van der Waals surface area (Å²) in [5, 5.41) is 3.31. The third-order valence-electron chi connectivity index (χ3n) is 3.53. The van der Waals surface area contributed by atoms with Crippen molar-refractivity contribution in [2.75, 3.05) is 19.0 Å². The maximum Gasteiger partial charge on any atom is 0.374 e. The number of hydrogen-bond acceptors (Lipinski definition) is 6. The summed E-state index contributed by atoms with van der Waals surface area (Å²) >= 11 is 0. The molecule has 0 radical (unpaired) electrons. The molecular weight excluding hydrogens is 338 g/mol. The summed E-state index contributed by atoms with van der Waals surface area (Å²) in [7, 11) is 1.27. The van der Waals surface area contributed by atoms with Crippen LogP contribution in [0.1, 0.15) is 20.9 Å². The summed E-state index contributed by atoms with van der Waals surface area (Å²) in [5.41, 5.74) is 1.24. The number of nitrogens with one attached hydrogen (secondary N) is 1. The Morgan fingerprint density at radius 1 is 1.00 bits per heavy atom. The van der Waals surface area contributed by atoms with Crippen molar-refractivity contribution in [2.45, 2.75) is 0 Å². The van der Waals surface area contributed by atoms with Crippen LogP contribution in [0.3, 0.4) is 0 Å². The second-order valence-electron chi connectivity index (χ2n) is 5.35. The summed E-state index contributed by atoms with van der Waals surface area (Å²) in [5.74, 6) is -1.78. The highest BCUT2D eigenvalue weighted by Crippen LogP contribution is 2.19. The molecule has 132 valence electrons. The Hall–Kier alpha value is -3.61. The number of methoxy groups -OCH3 is 1. The molecule has 3 aromatic rings. The van der Waals surface area contributed by atoms with Gasteiger partial charge in [-0.15, -0.1) is 0 Å². The van der Waals surface area contributed by atoms with Crippen LogP contribution < -0.4 is 5.32 Å². The highest BCUT2D eigenvalue weighted by molar-refractivity contribution is 5.97. The number of esters is 2. The fourth-order valence-electron chi connectivity index (χ4n) is 2.32. The van der Waals surface area contributed by atoms with Crippen LogP contribution >= 0.6 is 0 Å². The van der Waals surface area contributed by atoms with Crippen LogP contribution in [0, 0.1) is 0 Å². The monoisotopic (exact) mass is 353 g/mol. The zero-order valence-corrected chi connectivity index (χ0v) is 13.9. The normalized spacial score (nSPS) is 10.3. The number of fused-ring (bicyclic) bond motifs is 1. The van der Waals surface area contributed by atoms with Crippen molar-refractivity contribution in [1.82, 2.24) is 0 Å². The first-order chi connectivity index (χ1) is 12.6. The number of carbonyl (C=O) groups is 3. The largest absolute Gasteiger partial charge is 0.465 e. The highest BCUT2D eigenvalue weighted by Gasteiger charge is 2.15. The predicted octanol–water partition coefficient (Wildman–Crippen LogP) is 3.01. The molecule has 0 saturated heterocycles. The lowest BCUT2D eigenvalue weighted by molar-refractivity contribution is -0.119. The molecule has 0 unspecified atom stereocenters. The van der Waals surface area contributed by atoms with Crippen LogP contribution in [-0.2, 0) is 14.3 Å². The minimum Gasteiger partial charge on any atom is -0.465 e. The van der Waals surface area contributed by atoms with Crippen LogP contribution in [0.25, 0.3) is 11.0 Å². The van der Waals surface area contributed by atoms with E-state index in [0.29, 0.717) is 16.8 Å². The molecule has 0 spiro atoms. The highest BCUT2D eigenvalue weighted by atomic mass is 16.5. The Labute approximate surface area is 148 Å². The summed E-state index contributed by atoms with van der Waals surface area (Å²) in [6.45, 7) is -0.488. The molecule has 3 rings (SSSR count). The first-order valence-corrected chi connectivity index (χ1v) is 7.71. The molecule has 0 atom stereocenters. The number of para-hydroxylation sites is 1. The van der Waals surface area contributed by atoms with E-state index >= 15 is 0 Å². The number of benzene rings is 2. The van der Waals surface area contributed by atoms with Gasteiger partial charge in [0.1, 0.15) is 5.58 Å². The van der Waals surface area contributed by atoms with Crippen molar-refractivity contribution in [3.8, 4) is 0 Å². The fourth-order valence-corrected chi connectivity index (χ4v) is 2.32. The van der Waals surface area contributed by atoms with Gasteiger partial charge >= 0.3 is 11.9 Å². The Morgan fingerprint density at radius 3 is 2.58 bits per heavy atom. The molecule has 7 nitrogen and oxygen atoms in total. The number of rotatable bonds is 5. The quantitative estimate of drug-likeness (QED) is 0.709. The van der Waals surface area contributed by atoms with E-state index in [-0.39, 0.29) is 5.76 Å². The van der Waals surface area contributed by atoms with Crippen LogP contribution in [0.5, 0.6) is 0 Å². The van der Waals surface area contributed by atoms with E-state index in [1.165, 1.54) is 13.2 Å². The van der Waals surface area contributed by atoms with Crippen LogP contribution in [0.15, 0.2) is 59.0 Å². The van der Waals surface area contributed by atoms with Gasteiger partial charge in [0.25, 0.3) is 5.91 Å². The molecule has 0 aliphatic heterocycles. The lowest BCUT2D eigenvalue weighted by Crippen LogP contribution is -2.21. The average Bonchev–Trinajstić information content (AvgIpc) is 3.10. The van der Waals surface area contributed by atoms with Gasteiger partial charge in [0.05, 0.1) is 12.7 Å². The van der Waals surface area contributed by atoms with Gasteiger partial charge in [0.15, 0.2) is 6.61 Å². The number of ether oxygens (including phenoxy) is 2. The van der Waals surface area contributed by atoms with Crippen LogP contribution in [0.2, 0.25) is 0 Å². The van der Waals surface area contributed by atoms with Gasteiger partial charge in [-0.1, -0.05) is 24.3 Å². The lowest BCUT2D eigenvalue weighted by atomic mass is 10.2. The molecule has 0 saturated carbocycles. The van der Waals surface area contributed by atoms with Gasteiger partial charge in [0, 0.05) is 11.1 Å². The third kappa shape index (κ3) is 3.89.